The van der Waals surface area contributed by atoms with Crippen LogP contribution in [0.4, 0.5) is 0 Å². The van der Waals surface area contributed by atoms with E-state index in [1.54, 1.807) is 5.19 Å². The lowest BCUT2D eigenvalue weighted by Crippen LogP contribution is -2.39. The molecule has 2 rings (SSSR count). The Labute approximate surface area is 107 Å². The van der Waals surface area contributed by atoms with Crippen molar-refractivity contribution in [1.82, 2.24) is 0 Å². The lowest BCUT2D eigenvalue weighted by molar-refractivity contribution is 0.419. The third kappa shape index (κ3) is 3.57. The molecule has 0 N–H and O–H groups in total. The molecule has 1 saturated carbocycles. The summed E-state index contributed by atoms with van der Waals surface area (Å²) >= 11 is 0. The molecule has 0 spiro atoms. The molecule has 0 unspecified atom stereocenters. The third-order valence-corrected chi connectivity index (χ3v) is 6.80. The highest BCUT2D eigenvalue weighted by molar-refractivity contribution is 6.93. The molecular formula is C16H24Si. The van der Waals surface area contributed by atoms with Crippen LogP contribution < -0.4 is 5.19 Å². The van der Waals surface area contributed by atoms with Crippen LogP contribution in [0.3, 0.4) is 0 Å². The van der Waals surface area contributed by atoms with Crippen LogP contribution in [-0.4, -0.2) is 8.07 Å². The lowest BCUT2D eigenvalue weighted by atomic mass is 9.90. The van der Waals surface area contributed by atoms with Gasteiger partial charge in [0.1, 0.15) is 8.07 Å². The van der Waals surface area contributed by atoms with Crippen LogP contribution >= 0.6 is 0 Å². The fourth-order valence-corrected chi connectivity index (χ4v) is 4.66. The van der Waals surface area contributed by atoms with Crippen LogP contribution in [0, 0.1) is 5.92 Å². The summed E-state index contributed by atoms with van der Waals surface area (Å²) in [7, 11) is -1.34. The zero-order valence-corrected chi connectivity index (χ0v) is 12.2. The van der Waals surface area contributed by atoms with Gasteiger partial charge >= 0.3 is 0 Å². The second-order valence-electron chi connectivity index (χ2n) is 5.84. The van der Waals surface area contributed by atoms with Gasteiger partial charge in [-0.2, -0.15) is 0 Å². The highest BCUT2D eigenvalue weighted by atomic mass is 28.3. The van der Waals surface area contributed by atoms with E-state index in [0.717, 1.165) is 5.92 Å². The molecule has 0 aliphatic heterocycles. The summed E-state index contributed by atoms with van der Waals surface area (Å²) in [5, 5.41) is 1.55. The number of rotatable bonds is 3. The molecule has 1 heteroatoms. The van der Waals surface area contributed by atoms with Crippen molar-refractivity contribution in [1.29, 1.82) is 0 Å². The molecule has 1 aliphatic rings. The first kappa shape index (κ1) is 12.6. The summed E-state index contributed by atoms with van der Waals surface area (Å²) in [5.41, 5.74) is 2.55. The second kappa shape index (κ2) is 5.68. The van der Waals surface area contributed by atoms with Crippen molar-refractivity contribution in [2.75, 3.05) is 0 Å². The average molecular weight is 244 g/mol. The summed E-state index contributed by atoms with van der Waals surface area (Å²) in [6, 6.07) is 11.0. The van der Waals surface area contributed by atoms with Crippen LogP contribution in [0.15, 0.2) is 42.1 Å². The van der Waals surface area contributed by atoms with Gasteiger partial charge in [0.25, 0.3) is 0 Å². The van der Waals surface area contributed by atoms with E-state index >= 15 is 0 Å². The molecule has 0 heterocycles. The van der Waals surface area contributed by atoms with Gasteiger partial charge in [-0.05, 0) is 18.8 Å². The summed E-state index contributed by atoms with van der Waals surface area (Å²) in [6.07, 6.45) is 9.67. The second-order valence-corrected chi connectivity index (χ2v) is 10.2. The van der Waals surface area contributed by atoms with Crippen molar-refractivity contribution < 1.29 is 0 Å². The first-order chi connectivity index (χ1) is 8.18. The Morgan fingerprint density at radius 3 is 2.29 bits per heavy atom. The van der Waals surface area contributed by atoms with Crippen LogP contribution in [0.1, 0.15) is 32.1 Å². The highest BCUT2D eigenvalue weighted by Crippen LogP contribution is 2.25. The quantitative estimate of drug-likeness (QED) is 0.696. The molecule has 0 nitrogen and oxygen atoms in total. The van der Waals surface area contributed by atoms with Gasteiger partial charge in [-0.3, -0.25) is 0 Å². The SMILES string of the molecule is C[Si](C)(/C=C\C1CCCCC1)c1ccccc1. The molecule has 1 aromatic rings. The number of hydrogen-bond donors (Lipinski definition) is 0. The maximum Gasteiger partial charge on any atom is 0.103 e. The van der Waals surface area contributed by atoms with E-state index in [1.807, 2.05) is 0 Å². The third-order valence-electron chi connectivity index (χ3n) is 3.95. The lowest BCUT2D eigenvalue weighted by Gasteiger charge is -2.22. The minimum absolute atomic E-state index is 0.860. The van der Waals surface area contributed by atoms with Gasteiger partial charge in [-0.15, -0.1) is 0 Å². The number of allylic oxidation sites excluding steroid dienone is 1. The summed E-state index contributed by atoms with van der Waals surface area (Å²) in [4.78, 5) is 0. The Hall–Kier alpha value is -0.823. The van der Waals surface area contributed by atoms with E-state index < -0.39 is 8.07 Å². The molecule has 1 aromatic carbocycles. The van der Waals surface area contributed by atoms with E-state index in [1.165, 1.54) is 32.1 Å². The monoisotopic (exact) mass is 244 g/mol. The first-order valence-corrected chi connectivity index (χ1v) is 10.0. The Kier molecular flexibility index (Phi) is 4.22. The minimum atomic E-state index is -1.34. The highest BCUT2D eigenvalue weighted by Gasteiger charge is 2.20. The van der Waals surface area contributed by atoms with Crippen LogP contribution in [0.25, 0.3) is 0 Å². The van der Waals surface area contributed by atoms with Crippen LogP contribution in [0.5, 0.6) is 0 Å². The van der Waals surface area contributed by atoms with Crippen molar-refractivity contribution in [2.24, 2.45) is 5.92 Å². The van der Waals surface area contributed by atoms with Crippen molar-refractivity contribution in [3.8, 4) is 0 Å². The smallest absolute Gasteiger partial charge is 0.0940 e. The molecule has 92 valence electrons. The van der Waals surface area contributed by atoms with E-state index in [2.05, 4.69) is 55.2 Å². The van der Waals surface area contributed by atoms with Gasteiger partial charge in [0.2, 0.25) is 0 Å². The number of hydrogen-bond acceptors (Lipinski definition) is 0. The molecular weight excluding hydrogens is 220 g/mol. The first-order valence-electron chi connectivity index (χ1n) is 6.93. The standard InChI is InChI=1S/C16H24Si/c1-17(2,16-11-7-4-8-12-16)14-13-15-9-5-3-6-10-15/h4,7-8,11-15H,3,5-6,9-10H2,1-2H3/b14-13-. The van der Waals surface area contributed by atoms with Crippen LogP contribution in [0.2, 0.25) is 13.1 Å². The molecule has 0 amide bonds. The molecule has 0 saturated heterocycles. The zero-order chi connectivity index (χ0) is 12.1. The maximum atomic E-state index is 2.55. The maximum absolute atomic E-state index is 2.55. The van der Waals surface area contributed by atoms with E-state index in [0.29, 0.717) is 0 Å². The Balaban J connectivity index is 2.03. The molecule has 1 aliphatic carbocycles. The molecule has 17 heavy (non-hydrogen) atoms. The molecule has 0 aromatic heterocycles. The predicted molar refractivity (Wildman–Crippen MR) is 79.3 cm³/mol. The van der Waals surface area contributed by atoms with E-state index in [4.69, 9.17) is 0 Å². The average Bonchev–Trinajstić information content (AvgIpc) is 2.39. The largest absolute Gasteiger partial charge is 0.103 e. The summed E-state index contributed by atoms with van der Waals surface area (Å²) in [6.45, 7) is 4.89. The van der Waals surface area contributed by atoms with Crippen molar-refractivity contribution in [3.63, 3.8) is 0 Å². The van der Waals surface area contributed by atoms with Gasteiger partial charge in [0, 0.05) is 0 Å². The van der Waals surface area contributed by atoms with Crippen molar-refractivity contribution >= 4 is 13.3 Å². The van der Waals surface area contributed by atoms with Gasteiger partial charge in [0.05, 0.1) is 0 Å². The van der Waals surface area contributed by atoms with Gasteiger partial charge in [-0.1, -0.05) is 79.7 Å². The van der Waals surface area contributed by atoms with E-state index in [-0.39, 0.29) is 0 Å². The summed E-state index contributed by atoms with van der Waals surface area (Å²) in [5.74, 6) is 0.860. The van der Waals surface area contributed by atoms with Crippen molar-refractivity contribution in [3.05, 3.63) is 42.1 Å². The molecule has 1 fully saturated rings. The van der Waals surface area contributed by atoms with Gasteiger partial charge in [0.15, 0.2) is 0 Å². The predicted octanol–water partition coefficient (Wildman–Crippen LogP) is 4.28. The molecule has 0 bridgehead atoms. The summed E-state index contributed by atoms with van der Waals surface area (Å²) < 4.78 is 0. The van der Waals surface area contributed by atoms with Crippen molar-refractivity contribution in [2.45, 2.75) is 45.2 Å². The molecule has 0 radical (unpaired) electrons. The normalized spacial score (nSPS) is 18.7. The molecule has 0 atom stereocenters. The fraction of sp³-hybridized carbons (Fsp3) is 0.500. The Morgan fingerprint density at radius 1 is 1.00 bits per heavy atom. The zero-order valence-electron chi connectivity index (χ0n) is 11.2. The topological polar surface area (TPSA) is 0 Å². The number of benzene rings is 1. The minimum Gasteiger partial charge on any atom is -0.0940 e. The Morgan fingerprint density at radius 2 is 1.65 bits per heavy atom. The Bertz CT molecular complexity index is 358. The van der Waals surface area contributed by atoms with Gasteiger partial charge < -0.3 is 0 Å². The fourth-order valence-electron chi connectivity index (χ4n) is 2.67. The van der Waals surface area contributed by atoms with Crippen LogP contribution in [-0.2, 0) is 0 Å². The van der Waals surface area contributed by atoms with E-state index in [9.17, 15) is 0 Å². The van der Waals surface area contributed by atoms with Gasteiger partial charge in [-0.25, -0.2) is 0 Å².